The zero-order chi connectivity index (χ0) is 16.0. The molecule has 1 aliphatic rings. The lowest BCUT2D eigenvalue weighted by Crippen LogP contribution is -2.45. The highest BCUT2D eigenvalue weighted by Crippen LogP contribution is 2.43. The Balaban J connectivity index is 2.02. The van der Waals surface area contributed by atoms with Crippen molar-refractivity contribution in [2.75, 3.05) is 32.1 Å². The average molecular weight is 560 g/mol. The Hall–Kier alpha value is 0.370. The van der Waals surface area contributed by atoms with Crippen LogP contribution < -0.4 is 4.90 Å². The van der Waals surface area contributed by atoms with Gasteiger partial charge in [0.25, 0.3) is 0 Å². The molecule has 3 rings (SSSR count). The first-order valence-corrected chi connectivity index (χ1v) is 10.2. The highest BCUT2D eigenvalue weighted by molar-refractivity contribution is 9.15. The quantitative estimate of drug-likeness (QED) is 0.409. The number of aromatic nitrogens is 2. The van der Waals surface area contributed by atoms with Gasteiger partial charge in [0.1, 0.15) is 5.52 Å². The van der Waals surface area contributed by atoms with Gasteiger partial charge in [-0.25, -0.2) is 4.98 Å². The number of likely N-dealkylation sites (N-methyl/N-ethyl adjacent to an activating group) is 1. The first-order valence-electron chi connectivity index (χ1n) is 7.03. The van der Waals surface area contributed by atoms with Crippen molar-refractivity contribution >= 4 is 80.7 Å². The minimum absolute atomic E-state index is 0.576. The van der Waals surface area contributed by atoms with E-state index in [0.717, 1.165) is 48.0 Å². The van der Waals surface area contributed by atoms with Gasteiger partial charge < -0.3 is 14.8 Å². The lowest BCUT2D eigenvalue weighted by atomic mass is 10.1. The van der Waals surface area contributed by atoms with Crippen molar-refractivity contribution in [1.29, 1.82) is 0 Å². The average Bonchev–Trinajstić information content (AvgIpc) is 2.96. The first-order chi connectivity index (χ1) is 10.4. The summed E-state index contributed by atoms with van der Waals surface area (Å²) >= 11 is 14.5. The first kappa shape index (κ1) is 17.2. The van der Waals surface area contributed by atoms with Crippen molar-refractivity contribution in [2.45, 2.75) is 18.9 Å². The van der Waals surface area contributed by atoms with E-state index in [2.05, 4.69) is 92.6 Å². The number of anilines is 1. The zero-order valence-corrected chi connectivity index (χ0v) is 18.6. The van der Waals surface area contributed by atoms with Crippen LogP contribution in [0.15, 0.2) is 17.9 Å². The van der Waals surface area contributed by atoms with Gasteiger partial charge in [-0.05, 0) is 90.7 Å². The molecule has 2 heterocycles. The number of imidazole rings is 1. The van der Waals surface area contributed by atoms with Crippen molar-refractivity contribution in [3.05, 3.63) is 17.9 Å². The summed E-state index contributed by atoms with van der Waals surface area (Å²) in [4.78, 5) is 12.9. The summed E-state index contributed by atoms with van der Waals surface area (Å²) in [5, 5.41) is 0. The predicted octanol–water partition coefficient (Wildman–Crippen LogP) is 5.14. The maximum absolute atomic E-state index is 4.82. The number of piperidine rings is 1. The minimum Gasteiger partial charge on any atom is -0.341 e. The maximum atomic E-state index is 4.82. The van der Waals surface area contributed by atoms with Crippen LogP contribution in [0, 0.1) is 0 Å². The molecule has 0 radical (unpaired) electrons. The summed E-state index contributed by atoms with van der Waals surface area (Å²) in [7, 11) is 4.29. The molecule has 8 heteroatoms. The Bertz CT molecular complexity index is 668. The summed E-state index contributed by atoms with van der Waals surface area (Å²) in [6.45, 7) is 2.05. The van der Waals surface area contributed by atoms with E-state index in [1.807, 2.05) is 0 Å². The number of hydrogen-bond donors (Lipinski definition) is 1. The molecule has 0 bridgehead atoms. The van der Waals surface area contributed by atoms with Gasteiger partial charge in [0, 0.05) is 28.1 Å². The molecule has 1 saturated heterocycles. The van der Waals surface area contributed by atoms with Crippen molar-refractivity contribution < 1.29 is 0 Å². The molecule has 1 aromatic carbocycles. The topological polar surface area (TPSA) is 35.2 Å². The molecule has 1 aromatic heterocycles. The molecule has 120 valence electrons. The molecule has 1 fully saturated rings. The number of H-pyrrole nitrogens is 1. The molecular formula is C14H16Br4N4. The lowest BCUT2D eigenvalue weighted by molar-refractivity contribution is 0.257. The van der Waals surface area contributed by atoms with Crippen LogP contribution in [0.2, 0.25) is 0 Å². The lowest BCUT2D eigenvalue weighted by Gasteiger charge is -2.35. The van der Waals surface area contributed by atoms with Crippen molar-refractivity contribution in [1.82, 2.24) is 14.9 Å². The van der Waals surface area contributed by atoms with Crippen LogP contribution in [0.25, 0.3) is 11.0 Å². The molecule has 0 aliphatic carbocycles. The van der Waals surface area contributed by atoms with E-state index < -0.39 is 0 Å². The van der Waals surface area contributed by atoms with E-state index in [1.54, 1.807) is 0 Å². The van der Waals surface area contributed by atoms with Crippen molar-refractivity contribution in [3.63, 3.8) is 0 Å². The Labute approximate surface area is 163 Å². The Kier molecular flexibility index (Phi) is 5.24. The van der Waals surface area contributed by atoms with Crippen molar-refractivity contribution in [3.8, 4) is 0 Å². The smallest absolute Gasteiger partial charge is 0.203 e. The largest absolute Gasteiger partial charge is 0.341 e. The Morgan fingerprint density at radius 3 is 2.45 bits per heavy atom. The van der Waals surface area contributed by atoms with E-state index in [-0.39, 0.29) is 0 Å². The van der Waals surface area contributed by atoms with Gasteiger partial charge in [-0.15, -0.1) is 0 Å². The van der Waals surface area contributed by atoms with E-state index >= 15 is 0 Å². The monoisotopic (exact) mass is 556 g/mol. The number of benzene rings is 1. The van der Waals surface area contributed by atoms with Crippen molar-refractivity contribution in [2.24, 2.45) is 0 Å². The molecule has 0 saturated carbocycles. The van der Waals surface area contributed by atoms with Crippen LogP contribution in [0.1, 0.15) is 12.8 Å². The number of fused-ring (bicyclic) bond motifs is 1. The number of hydrogen-bond acceptors (Lipinski definition) is 3. The molecular weight excluding hydrogens is 544 g/mol. The van der Waals surface area contributed by atoms with Gasteiger partial charge in [-0.3, -0.25) is 0 Å². The van der Waals surface area contributed by atoms with E-state index in [9.17, 15) is 0 Å². The Morgan fingerprint density at radius 2 is 1.77 bits per heavy atom. The molecule has 1 N–H and O–H groups in total. The molecule has 0 amide bonds. The fraction of sp³-hybridized carbons (Fsp3) is 0.500. The Morgan fingerprint density at radius 1 is 1.09 bits per heavy atom. The van der Waals surface area contributed by atoms with Crippen LogP contribution in [0.5, 0.6) is 0 Å². The van der Waals surface area contributed by atoms with Gasteiger partial charge in [0.2, 0.25) is 5.95 Å². The number of rotatable bonds is 2. The van der Waals surface area contributed by atoms with Gasteiger partial charge in [0.05, 0.1) is 14.5 Å². The second-order valence-electron chi connectivity index (χ2n) is 5.75. The fourth-order valence-corrected chi connectivity index (χ4v) is 5.09. The van der Waals surface area contributed by atoms with Crippen LogP contribution in [-0.4, -0.2) is 48.1 Å². The number of halogens is 4. The van der Waals surface area contributed by atoms with Gasteiger partial charge >= 0.3 is 0 Å². The molecule has 4 nitrogen and oxygen atoms in total. The van der Waals surface area contributed by atoms with Crippen LogP contribution in [-0.2, 0) is 0 Å². The summed E-state index contributed by atoms with van der Waals surface area (Å²) in [6.07, 6.45) is 2.43. The van der Waals surface area contributed by atoms with Crippen LogP contribution in [0.4, 0.5) is 5.95 Å². The molecule has 0 spiro atoms. The highest BCUT2D eigenvalue weighted by atomic mass is 79.9. The standard InChI is InChI=1S/C14H16Br4N4/c1-21(2)7-4-3-5-22(6-7)14-19-12-10(17)8(15)9(16)11(18)13(12)20-14/h7H,3-6H2,1-2H3,(H,19,20). The third-order valence-electron chi connectivity index (χ3n) is 4.12. The molecule has 2 aromatic rings. The SMILES string of the molecule is CN(C)C1CCCN(c2nc3c(Br)c(Br)c(Br)c(Br)c3[nH]2)C1. The van der Waals surface area contributed by atoms with E-state index in [1.165, 1.54) is 12.8 Å². The molecule has 1 aliphatic heterocycles. The number of nitrogens with one attached hydrogen (secondary N) is 1. The second kappa shape index (κ2) is 6.70. The minimum atomic E-state index is 0.576. The normalized spacial score (nSPS) is 19.4. The van der Waals surface area contributed by atoms with Crippen LogP contribution >= 0.6 is 63.7 Å². The van der Waals surface area contributed by atoms with E-state index in [0.29, 0.717) is 6.04 Å². The number of nitrogens with zero attached hydrogens (tertiary/aromatic N) is 3. The van der Waals surface area contributed by atoms with Gasteiger partial charge in [-0.1, -0.05) is 0 Å². The van der Waals surface area contributed by atoms with Crippen LogP contribution in [0.3, 0.4) is 0 Å². The van der Waals surface area contributed by atoms with Gasteiger partial charge in [-0.2, -0.15) is 0 Å². The van der Waals surface area contributed by atoms with Gasteiger partial charge in [0.15, 0.2) is 0 Å². The summed E-state index contributed by atoms with van der Waals surface area (Å²) in [6, 6.07) is 0.576. The molecule has 1 atom stereocenters. The maximum Gasteiger partial charge on any atom is 0.203 e. The summed E-state index contributed by atoms with van der Waals surface area (Å²) in [5.74, 6) is 0.938. The van der Waals surface area contributed by atoms with E-state index in [4.69, 9.17) is 4.98 Å². The third-order valence-corrected chi connectivity index (χ3v) is 8.87. The second-order valence-corrected chi connectivity index (χ2v) is 8.92. The molecule has 22 heavy (non-hydrogen) atoms. The summed E-state index contributed by atoms with van der Waals surface area (Å²) < 4.78 is 3.89. The number of aromatic amines is 1. The summed E-state index contributed by atoms with van der Waals surface area (Å²) in [5.41, 5.74) is 1.94. The fourth-order valence-electron chi connectivity index (χ4n) is 2.80. The zero-order valence-electron chi connectivity index (χ0n) is 12.3. The molecule has 1 unspecified atom stereocenters. The highest BCUT2D eigenvalue weighted by Gasteiger charge is 2.25. The predicted molar refractivity (Wildman–Crippen MR) is 106 cm³/mol. The third kappa shape index (κ3) is 3.01.